The van der Waals surface area contributed by atoms with Crippen LogP contribution in [0.2, 0.25) is 0 Å². The van der Waals surface area contributed by atoms with Crippen LogP contribution in [-0.2, 0) is 30.8 Å². The number of carboxylic acids is 1. The average molecular weight is 641 g/mol. The molecule has 0 aliphatic carbocycles. The van der Waals surface area contributed by atoms with E-state index in [-0.39, 0.29) is 11.3 Å². The number of hydrogen-bond donors (Lipinski definition) is 2. The van der Waals surface area contributed by atoms with E-state index in [1.54, 1.807) is 65.3 Å². The lowest BCUT2D eigenvalue weighted by molar-refractivity contribution is -0.142. The van der Waals surface area contributed by atoms with Crippen LogP contribution in [0.5, 0.6) is 11.5 Å². The number of carbonyl (C=O) groups is 3. The van der Waals surface area contributed by atoms with Gasteiger partial charge in [0.2, 0.25) is 15.9 Å². The van der Waals surface area contributed by atoms with Crippen molar-refractivity contribution < 1.29 is 37.4 Å². The number of amides is 1. The first kappa shape index (κ1) is 37.0. The first-order valence-electron chi connectivity index (χ1n) is 14.7. The topological polar surface area (TPSA) is 139 Å². The molecular weight excluding hydrogens is 596 g/mol. The third-order valence-electron chi connectivity index (χ3n) is 7.36. The van der Waals surface area contributed by atoms with Crippen LogP contribution < -0.4 is 14.8 Å². The first-order chi connectivity index (χ1) is 21.5. The number of ether oxygens (including phenoxy) is 2. The number of methoxy groups -OCH3 is 2. The molecule has 10 nitrogen and oxygen atoms in total. The largest absolute Gasteiger partial charge is 0.496 e. The van der Waals surface area contributed by atoms with Gasteiger partial charge in [-0.2, -0.15) is 4.31 Å². The highest BCUT2D eigenvalue weighted by atomic mass is 32.2. The van der Waals surface area contributed by atoms with E-state index in [1.165, 1.54) is 16.4 Å². The van der Waals surface area contributed by atoms with E-state index in [9.17, 15) is 23.1 Å². The van der Waals surface area contributed by atoms with Crippen LogP contribution in [0.4, 0.5) is 0 Å². The molecule has 3 rings (SSSR count). The molecule has 244 valence electrons. The van der Waals surface area contributed by atoms with Crippen LogP contribution in [0.3, 0.4) is 0 Å². The van der Waals surface area contributed by atoms with Crippen LogP contribution in [-0.4, -0.2) is 68.8 Å². The number of nitrogens with zero attached hydrogens (tertiary/aromatic N) is 1. The molecular formula is C34H44N2O8S. The number of carboxylic acid groups (broad SMARTS) is 1. The van der Waals surface area contributed by atoms with Gasteiger partial charge in [0.1, 0.15) is 30.4 Å². The third kappa shape index (κ3) is 9.15. The highest BCUT2D eigenvalue weighted by Crippen LogP contribution is 2.38. The molecule has 0 saturated heterocycles. The van der Waals surface area contributed by atoms with Crippen LogP contribution in [0, 0.1) is 5.92 Å². The second-order valence-corrected chi connectivity index (χ2v) is 12.7. The van der Waals surface area contributed by atoms with Crippen molar-refractivity contribution in [2.24, 2.45) is 5.92 Å². The Morgan fingerprint density at radius 2 is 1.44 bits per heavy atom. The van der Waals surface area contributed by atoms with Crippen molar-refractivity contribution in [1.29, 1.82) is 0 Å². The Kier molecular flexibility index (Phi) is 14.2. The molecule has 0 aromatic heterocycles. The van der Waals surface area contributed by atoms with Gasteiger partial charge in [-0.1, -0.05) is 75.7 Å². The van der Waals surface area contributed by atoms with Crippen molar-refractivity contribution in [2.75, 3.05) is 14.2 Å². The summed E-state index contributed by atoms with van der Waals surface area (Å²) in [4.78, 5) is 34.2. The monoisotopic (exact) mass is 640 g/mol. The van der Waals surface area contributed by atoms with Gasteiger partial charge in [-0.15, -0.1) is 0 Å². The molecule has 2 unspecified atom stereocenters. The highest BCUT2D eigenvalue weighted by molar-refractivity contribution is 7.89. The summed E-state index contributed by atoms with van der Waals surface area (Å²) >= 11 is 0. The summed E-state index contributed by atoms with van der Waals surface area (Å²) in [6, 6.07) is 17.9. The van der Waals surface area contributed by atoms with Crippen LogP contribution in [0.25, 0.3) is 11.1 Å². The number of benzene rings is 3. The van der Waals surface area contributed by atoms with Crippen molar-refractivity contribution in [3.8, 4) is 22.6 Å². The summed E-state index contributed by atoms with van der Waals surface area (Å²) in [6.45, 7) is 9.25. The Balaban J connectivity index is 0.00000345. The molecule has 11 heteroatoms. The van der Waals surface area contributed by atoms with Gasteiger partial charge >= 0.3 is 5.97 Å². The summed E-state index contributed by atoms with van der Waals surface area (Å²) in [5.41, 5.74) is 2.27. The highest BCUT2D eigenvalue weighted by Gasteiger charge is 2.41. The summed E-state index contributed by atoms with van der Waals surface area (Å²) < 4.78 is 40.0. The summed E-state index contributed by atoms with van der Waals surface area (Å²) in [7, 11) is -0.913. The van der Waals surface area contributed by atoms with E-state index in [4.69, 9.17) is 14.3 Å². The minimum Gasteiger partial charge on any atom is -0.496 e. The fourth-order valence-electron chi connectivity index (χ4n) is 5.27. The van der Waals surface area contributed by atoms with Crippen LogP contribution in [0.1, 0.15) is 46.1 Å². The van der Waals surface area contributed by atoms with E-state index in [0.29, 0.717) is 29.9 Å². The molecule has 0 spiro atoms. The molecule has 3 aromatic rings. The lowest BCUT2D eigenvalue weighted by atomic mass is 9.98. The van der Waals surface area contributed by atoms with Gasteiger partial charge in [0.25, 0.3) is 0 Å². The standard InChI is InChI=1S/C33H42N2O7S.CH2O/c1-7-12-23(4)35(43(39,40)26-13-9-8-10-14-26)31(22(2)3)32(36)34-27(33(37)38)21-24-17-19-25(20-18-24)30-28(41-5)15-11-16-29(30)42-6;1-2/h8-11,13-20,22-23,27,31H,7,12,21H2,1-6H3,(H,34,36)(H,37,38);1H2/t23?,27-,31?;/m0./s1. The molecule has 1 amide bonds. The fourth-order valence-corrected chi connectivity index (χ4v) is 7.23. The third-order valence-corrected chi connectivity index (χ3v) is 9.37. The maximum absolute atomic E-state index is 13.9. The van der Waals surface area contributed by atoms with Crippen LogP contribution in [0.15, 0.2) is 77.7 Å². The second-order valence-electron chi connectivity index (χ2n) is 10.8. The molecule has 0 radical (unpaired) electrons. The smallest absolute Gasteiger partial charge is 0.326 e. The van der Waals surface area contributed by atoms with E-state index in [2.05, 4.69) is 5.32 Å². The normalized spacial score (nSPS) is 13.2. The van der Waals surface area contributed by atoms with Crippen LogP contribution >= 0.6 is 0 Å². The Hall–Kier alpha value is -4.22. The van der Waals surface area contributed by atoms with Crippen molar-refractivity contribution in [3.63, 3.8) is 0 Å². The SMILES string of the molecule is C=O.CCCC(C)N(C(C(=O)N[C@@H](Cc1ccc(-c2c(OC)cccc2OC)cc1)C(=O)O)C(C)C)S(=O)(=O)c1ccccc1. The van der Waals surface area contributed by atoms with Gasteiger partial charge < -0.3 is 24.7 Å². The van der Waals surface area contributed by atoms with Gasteiger partial charge in [-0.05, 0) is 54.7 Å². The van der Waals surface area contributed by atoms with Gasteiger partial charge in [-0.25, -0.2) is 13.2 Å². The Morgan fingerprint density at radius 1 is 0.889 bits per heavy atom. The Morgan fingerprint density at radius 3 is 1.91 bits per heavy atom. The fraction of sp³-hybridized carbons (Fsp3) is 0.382. The van der Waals surface area contributed by atoms with E-state index >= 15 is 0 Å². The lowest BCUT2D eigenvalue weighted by Crippen LogP contribution is -2.58. The number of nitrogens with one attached hydrogen (secondary N) is 1. The second kappa shape index (κ2) is 17.3. The molecule has 0 bridgehead atoms. The van der Waals surface area contributed by atoms with Crippen molar-refractivity contribution in [2.45, 2.75) is 70.0 Å². The molecule has 0 fully saturated rings. The van der Waals surface area contributed by atoms with Gasteiger partial charge in [-0.3, -0.25) is 4.79 Å². The molecule has 3 atom stereocenters. The minimum atomic E-state index is -4.06. The zero-order valence-electron chi connectivity index (χ0n) is 26.7. The van der Waals surface area contributed by atoms with Gasteiger partial charge in [0.05, 0.1) is 24.7 Å². The predicted molar refractivity (Wildman–Crippen MR) is 174 cm³/mol. The zero-order valence-corrected chi connectivity index (χ0v) is 27.5. The Labute approximate surface area is 266 Å². The molecule has 3 aromatic carbocycles. The van der Waals surface area contributed by atoms with Gasteiger partial charge in [0, 0.05) is 12.5 Å². The number of hydrogen-bond acceptors (Lipinski definition) is 7. The van der Waals surface area contributed by atoms with Crippen molar-refractivity contribution >= 4 is 28.7 Å². The van der Waals surface area contributed by atoms with E-state index < -0.39 is 45.9 Å². The molecule has 0 aliphatic heterocycles. The lowest BCUT2D eigenvalue weighted by Gasteiger charge is -2.37. The summed E-state index contributed by atoms with van der Waals surface area (Å²) in [5, 5.41) is 12.7. The molecule has 0 heterocycles. The predicted octanol–water partition coefficient (Wildman–Crippen LogP) is 5.20. The van der Waals surface area contributed by atoms with E-state index in [1.807, 2.05) is 44.0 Å². The molecule has 0 saturated carbocycles. The maximum atomic E-state index is 13.9. The molecule has 45 heavy (non-hydrogen) atoms. The van der Waals surface area contributed by atoms with Crippen molar-refractivity contribution in [3.05, 3.63) is 78.4 Å². The minimum absolute atomic E-state index is 0.00514. The maximum Gasteiger partial charge on any atom is 0.326 e. The van der Waals surface area contributed by atoms with Gasteiger partial charge in [0.15, 0.2) is 0 Å². The average Bonchev–Trinajstić information content (AvgIpc) is 3.04. The number of carbonyl (C=O) groups excluding carboxylic acids is 2. The molecule has 0 aliphatic rings. The quantitative estimate of drug-likeness (QED) is 0.231. The Bertz CT molecular complexity index is 1470. The van der Waals surface area contributed by atoms with Crippen molar-refractivity contribution in [1.82, 2.24) is 9.62 Å². The number of rotatable bonds is 15. The summed E-state index contributed by atoms with van der Waals surface area (Å²) in [5.74, 6) is -1.03. The zero-order chi connectivity index (χ0) is 33.7. The van der Waals surface area contributed by atoms with E-state index in [0.717, 1.165) is 11.1 Å². The molecule has 2 N–H and O–H groups in total. The summed E-state index contributed by atoms with van der Waals surface area (Å²) in [6.07, 6.45) is 1.25. The first-order valence-corrected chi connectivity index (χ1v) is 16.1. The number of sulfonamides is 1. The number of aliphatic carboxylic acids is 1.